The maximum absolute atomic E-state index is 11.6. The van der Waals surface area contributed by atoms with Crippen molar-refractivity contribution in [2.45, 2.75) is 29.8 Å². The van der Waals surface area contributed by atoms with Gasteiger partial charge in [0.25, 0.3) is 0 Å². The molecule has 1 aromatic carbocycles. The lowest BCUT2D eigenvalue weighted by Crippen LogP contribution is -2.14. The summed E-state index contributed by atoms with van der Waals surface area (Å²) in [7, 11) is -3.30. The molecule has 0 amide bonds. The third kappa shape index (κ3) is 2.39. The van der Waals surface area contributed by atoms with Gasteiger partial charge in [-0.2, -0.15) is 0 Å². The van der Waals surface area contributed by atoms with Crippen molar-refractivity contribution in [3.8, 4) is 0 Å². The lowest BCUT2D eigenvalue weighted by Gasteiger charge is -2.13. The highest BCUT2D eigenvalue weighted by atomic mass is 35.5. The van der Waals surface area contributed by atoms with Crippen LogP contribution in [0.15, 0.2) is 23.1 Å². The van der Waals surface area contributed by atoms with Crippen molar-refractivity contribution in [2.75, 3.05) is 6.26 Å². The SMILES string of the molecule is CS(=O)(=O)c1cccc(Cl)c1CC1(O)CC1. The number of aliphatic hydroxyl groups is 1. The Kier molecular flexibility index (Phi) is 2.77. The fraction of sp³-hybridized carbons (Fsp3) is 0.455. The van der Waals surface area contributed by atoms with E-state index < -0.39 is 15.4 Å². The Morgan fingerprint density at radius 1 is 1.44 bits per heavy atom. The predicted molar refractivity (Wildman–Crippen MR) is 62.4 cm³/mol. The molecule has 1 fully saturated rings. The lowest BCUT2D eigenvalue weighted by atomic mass is 10.1. The third-order valence-corrected chi connectivity index (χ3v) is 4.34. The van der Waals surface area contributed by atoms with Crippen molar-refractivity contribution < 1.29 is 13.5 Å². The second-order valence-electron chi connectivity index (χ2n) is 4.39. The van der Waals surface area contributed by atoms with Crippen LogP contribution < -0.4 is 0 Å². The Morgan fingerprint density at radius 3 is 2.56 bits per heavy atom. The molecule has 1 aliphatic carbocycles. The molecule has 1 saturated carbocycles. The first-order chi connectivity index (χ1) is 7.32. The first kappa shape index (κ1) is 11.9. The van der Waals surface area contributed by atoms with Crippen LogP contribution in [-0.2, 0) is 16.3 Å². The maximum atomic E-state index is 11.6. The molecule has 0 saturated heterocycles. The van der Waals surface area contributed by atoms with Crippen LogP contribution in [0.2, 0.25) is 5.02 Å². The molecule has 0 radical (unpaired) electrons. The molecule has 1 aliphatic rings. The monoisotopic (exact) mass is 260 g/mol. The average Bonchev–Trinajstić information content (AvgIpc) is 2.86. The first-order valence-corrected chi connectivity index (χ1v) is 7.29. The number of benzene rings is 1. The van der Waals surface area contributed by atoms with E-state index in [1.807, 2.05) is 0 Å². The van der Waals surface area contributed by atoms with Crippen LogP contribution >= 0.6 is 11.6 Å². The summed E-state index contributed by atoms with van der Waals surface area (Å²) >= 11 is 5.99. The molecule has 5 heteroatoms. The molecule has 0 heterocycles. The summed E-state index contributed by atoms with van der Waals surface area (Å²) in [5.74, 6) is 0. The van der Waals surface area contributed by atoms with Gasteiger partial charge in [-0.1, -0.05) is 17.7 Å². The van der Waals surface area contributed by atoms with E-state index in [1.54, 1.807) is 12.1 Å². The zero-order valence-corrected chi connectivity index (χ0v) is 10.5. The van der Waals surface area contributed by atoms with Crippen LogP contribution in [0.5, 0.6) is 0 Å². The van der Waals surface area contributed by atoms with Crippen LogP contribution in [0.3, 0.4) is 0 Å². The molecule has 2 rings (SSSR count). The van der Waals surface area contributed by atoms with E-state index in [2.05, 4.69) is 0 Å². The van der Waals surface area contributed by atoms with Gasteiger partial charge >= 0.3 is 0 Å². The lowest BCUT2D eigenvalue weighted by molar-refractivity contribution is 0.150. The summed E-state index contributed by atoms with van der Waals surface area (Å²) in [5, 5.41) is 10.2. The molecular weight excluding hydrogens is 248 g/mol. The van der Waals surface area contributed by atoms with Crippen molar-refractivity contribution in [3.05, 3.63) is 28.8 Å². The van der Waals surface area contributed by atoms with Gasteiger partial charge in [0, 0.05) is 17.7 Å². The van der Waals surface area contributed by atoms with Crippen LogP contribution in [0, 0.1) is 0 Å². The topological polar surface area (TPSA) is 54.4 Å². The largest absolute Gasteiger partial charge is 0.390 e. The average molecular weight is 261 g/mol. The van der Waals surface area contributed by atoms with Crippen LogP contribution in [0.25, 0.3) is 0 Å². The first-order valence-electron chi connectivity index (χ1n) is 5.02. The second-order valence-corrected chi connectivity index (χ2v) is 6.78. The normalized spacial score (nSPS) is 18.4. The number of halogens is 1. The maximum Gasteiger partial charge on any atom is 0.175 e. The van der Waals surface area contributed by atoms with Crippen molar-refractivity contribution in [1.82, 2.24) is 0 Å². The van der Waals surface area contributed by atoms with E-state index >= 15 is 0 Å². The highest BCUT2D eigenvalue weighted by Crippen LogP contribution is 2.41. The third-order valence-electron chi connectivity index (χ3n) is 2.81. The van der Waals surface area contributed by atoms with Crippen molar-refractivity contribution >= 4 is 21.4 Å². The van der Waals surface area contributed by atoms with Crippen LogP contribution in [0.4, 0.5) is 0 Å². The minimum absolute atomic E-state index is 0.223. The summed E-state index contributed by atoms with van der Waals surface area (Å²) in [6.45, 7) is 0. The molecule has 0 aromatic heterocycles. The summed E-state index contributed by atoms with van der Waals surface area (Å²) in [4.78, 5) is 0.223. The molecule has 0 unspecified atom stereocenters. The Labute approximate surface area is 100.0 Å². The van der Waals surface area contributed by atoms with E-state index in [4.69, 9.17) is 11.6 Å². The predicted octanol–water partition coefficient (Wildman–Crippen LogP) is 1.81. The van der Waals surface area contributed by atoms with Crippen molar-refractivity contribution in [1.29, 1.82) is 0 Å². The minimum Gasteiger partial charge on any atom is -0.390 e. The van der Waals surface area contributed by atoms with E-state index in [0.29, 0.717) is 29.8 Å². The van der Waals surface area contributed by atoms with Gasteiger partial charge in [0.15, 0.2) is 9.84 Å². The van der Waals surface area contributed by atoms with Gasteiger partial charge in [0.05, 0.1) is 10.5 Å². The van der Waals surface area contributed by atoms with Crippen LogP contribution in [0.1, 0.15) is 18.4 Å². The second kappa shape index (κ2) is 3.72. The number of hydrogen-bond donors (Lipinski definition) is 1. The number of sulfone groups is 1. The van der Waals surface area contributed by atoms with Gasteiger partial charge in [-0.25, -0.2) is 8.42 Å². The Morgan fingerprint density at radius 2 is 2.06 bits per heavy atom. The highest BCUT2D eigenvalue weighted by Gasteiger charge is 2.41. The Bertz CT molecular complexity index is 518. The molecular formula is C11H13ClO3S. The van der Waals surface area contributed by atoms with Crippen molar-refractivity contribution in [3.63, 3.8) is 0 Å². The molecule has 0 atom stereocenters. The molecule has 16 heavy (non-hydrogen) atoms. The molecule has 0 bridgehead atoms. The van der Waals surface area contributed by atoms with Gasteiger partial charge < -0.3 is 5.11 Å². The number of hydrogen-bond acceptors (Lipinski definition) is 3. The van der Waals surface area contributed by atoms with Gasteiger partial charge in [-0.3, -0.25) is 0 Å². The molecule has 0 spiro atoms. The van der Waals surface area contributed by atoms with E-state index in [9.17, 15) is 13.5 Å². The summed E-state index contributed by atoms with van der Waals surface area (Å²) < 4.78 is 23.1. The summed E-state index contributed by atoms with van der Waals surface area (Å²) in [6, 6.07) is 4.79. The minimum atomic E-state index is -3.30. The van der Waals surface area contributed by atoms with Crippen LogP contribution in [-0.4, -0.2) is 25.4 Å². The van der Waals surface area contributed by atoms with Gasteiger partial charge in [0.1, 0.15) is 0 Å². The molecule has 88 valence electrons. The molecule has 0 aliphatic heterocycles. The quantitative estimate of drug-likeness (QED) is 0.902. The summed E-state index contributed by atoms with van der Waals surface area (Å²) in [6.07, 6.45) is 2.89. The van der Waals surface area contributed by atoms with Gasteiger partial charge in [0.2, 0.25) is 0 Å². The number of rotatable bonds is 3. The van der Waals surface area contributed by atoms with Crippen molar-refractivity contribution in [2.24, 2.45) is 0 Å². The molecule has 1 aromatic rings. The Hall–Kier alpha value is -0.580. The van der Waals surface area contributed by atoms with Gasteiger partial charge in [-0.05, 0) is 30.5 Å². The zero-order valence-electron chi connectivity index (χ0n) is 8.90. The smallest absolute Gasteiger partial charge is 0.175 e. The van der Waals surface area contributed by atoms with E-state index in [1.165, 1.54) is 6.07 Å². The molecule has 3 nitrogen and oxygen atoms in total. The molecule has 1 N–H and O–H groups in total. The van der Waals surface area contributed by atoms with Gasteiger partial charge in [-0.15, -0.1) is 0 Å². The zero-order chi connectivity index (χ0) is 12.0. The standard InChI is InChI=1S/C11H13ClO3S/c1-16(14,15)10-4-2-3-9(12)8(10)7-11(13)5-6-11/h2-4,13H,5-7H2,1H3. The Balaban J connectivity index is 2.49. The highest BCUT2D eigenvalue weighted by molar-refractivity contribution is 7.90. The van der Waals surface area contributed by atoms with E-state index in [0.717, 1.165) is 6.26 Å². The fourth-order valence-electron chi connectivity index (χ4n) is 1.71. The summed E-state index contributed by atoms with van der Waals surface area (Å²) in [5.41, 5.74) is -0.212. The van der Waals surface area contributed by atoms with E-state index in [-0.39, 0.29) is 4.90 Å². The fourth-order valence-corrected chi connectivity index (χ4v) is 2.96.